The summed E-state index contributed by atoms with van der Waals surface area (Å²) in [6, 6.07) is 13.0. The third-order valence-electron chi connectivity index (χ3n) is 6.75. The van der Waals surface area contributed by atoms with Gasteiger partial charge in [0.1, 0.15) is 17.2 Å². The Morgan fingerprint density at radius 2 is 1.86 bits per heavy atom. The second-order valence-electron chi connectivity index (χ2n) is 9.48. The average molecular weight is 617 g/mol. The van der Waals surface area contributed by atoms with Crippen molar-refractivity contribution in [3.8, 4) is 11.3 Å². The summed E-state index contributed by atoms with van der Waals surface area (Å²) in [5, 5.41) is 0.104. The fourth-order valence-electron chi connectivity index (χ4n) is 4.81. The van der Waals surface area contributed by atoms with Gasteiger partial charge in [-0.05, 0) is 53.9 Å². The summed E-state index contributed by atoms with van der Waals surface area (Å²) in [6.07, 6.45) is -0.145. The van der Waals surface area contributed by atoms with Gasteiger partial charge < -0.3 is 14.9 Å². The van der Waals surface area contributed by atoms with Crippen LogP contribution in [0.25, 0.3) is 22.4 Å². The molecule has 42 heavy (non-hydrogen) atoms. The Morgan fingerprint density at radius 3 is 2.48 bits per heavy atom. The van der Waals surface area contributed by atoms with E-state index in [1.165, 1.54) is 28.6 Å². The van der Waals surface area contributed by atoms with Crippen molar-refractivity contribution in [2.45, 2.75) is 24.8 Å². The van der Waals surface area contributed by atoms with Crippen molar-refractivity contribution in [1.29, 1.82) is 0 Å². The van der Waals surface area contributed by atoms with Gasteiger partial charge in [0.05, 0.1) is 16.5 Å². The number of anilines is 1. The van der Waals surface area contributed by atoms with E-state index in [0.29, 0.717) is 11.1 Å². The lowest BCUT2D eigenvalue weighted by molar-refractivity contribution is 0.0640. The Labute approximate surface area is 240 Å². The van der Waals surface area contributed by atoms with Gasteiger partial charge in [-0.2, -0.15) is 9.29 Å². The highest BCUT2D eigenvalue weighted by Crippen LogP contribution is 2.37. The molecule has 15 heteroatoms. The zero-order valence-electron chi connectivity index (χ0n) is 22.4. The Kier molecular flexibility index (Phi) is 7.51. The molecule has 0 unspecified atom stereocenters. The maximum Gasteiger partial charge on any atom is 0.412 e. The lowest BCUT2D eigenvalue weighted by atomic mass is 10.0. The molecule has 2 N–H and O–H groups in total. The molecule has 1 amide bonds. The van der Waals surface area contributed by atoms with Gasteiger partial charge in [-0.15, -0.1) is 0 Å². The third-order valence-corrected chi connectivity index (χ3v) is 9.85. The quantitative estimate of drug-likeness (QED) is 0.230. The summed E-state index contributed by atoms with van der Waals surface area (Å²) in [4.78, 5) is 28.9. The molecule has 1 aliphatic heterocycles. The molecule has 12 nitrogen and oxygen atoms in total. The minimum absolute atomic E-state index is 0.0316. The standard InChI is InChI=1S/C27H25FN4O8S2/c1-3-16-14-20-22(26(33)40-27(29)34)23(17-8-10-19(28)11-9-17)39-25(20)30-24(16)32(41(2,35)36)13-12-31-15-18-6-4-5-7-21(18)42(31,37)38/h4-11,14H,3,12-13,15H2,1-2H3,(H2,29,34). The first-order chi connectivity index (χ1) is 19.8. The molecule has 1 aliphatic rings. The van der Waals surface area contributed by atoms with Crippen molar-refractivity contribution in [3.05, 3.63) is 77.1 Å². The summed E-state index contributed by atoms with van der Waals surface area (Å²) >= 11 is 0. The van der Waals surface area contributed by atoms with Gasteiger partial charge in [0.15, 0.2) is 5.76 Å². The SMILES string of the molecule is CCc1cc2c(C(=O)OC(N)=O)c(-c3ccc(F)cc3)oc2nc1N(CCN1Cc2ccccc2S1(=O)=O)S(C)(=O)=O. The van der Waals surface area contributed by atoms with Gasteiger partial charge in [0.25, 0.3) is 0 Å². The molecule has 0 atom stereocenters. The van der Waals surface area contributed by atoms with Crippen LogP contribution in [-0.4, -0.2) is 57.5 Å². The maximum atomic E-state index is 13.6. The van der Waals surface area contributed by atoms with Crippen molar-refractivity contribution in [2.75, 3.05) is 23.7 Å². The molecule has 4 aromatic rings. The fourth-order valence-corrected chi connectivity index (χ4v) is 7.32. The number of nitrogens with zero attached hydrogens (tertiary/aromatic N) is 3. The number of benzene rings is 2. The van der Waals surface area contributed by atoms with E-state index < -0.39 is 37.9 Å². The number of nitrogens with two attached hydrogens (primary N) is 1. The number of pyridine rings is 1. The van der Waals surface area contributed by atoms with Crippen LogP contribution < -0.4 is 10.0 Å². The number of furan rings is 1. The first kappa shape index (κ1) is 29.2. The normalized spacial score (nSPS) is 14.5. The second-order valence-corrected chi connectivity index (χ2v) is 13.3. The fraction of sp³-hybridized carbons (Fsp3) is 0.222. The number of primary amides is 1. The number of aromatic nitrogens is 1. The highest BCUT2D eigenvalue weighted by atomic mass is 32.2. The van der Waals surface area contributed by atoms with E-state index in [9.17, 15) is 30.8 Å². The molecule has 2 aromatic carbocycles. The van der Waals surface area contributed by atoms with Crippen LogP contribution in [0.3, 0.4) is 0 Å². The molecule has 0 bridgehead atoms. The predicted octanol–water partition coefficient (Wildman–Crippen LogP) is 3.40. The van der Waals surface area contributed by atoms with Crippen molar-refractivity contribution in [2.24, 2.45) is 5.73 Å². The molecule has 220 valence electrons. The highest BCUT2D eigenvalue weighted by Gasteiger charge is 2.35. The summed E-state index contributed by atoms with van der Waals surface area (Å²) < 4.78 is 78.3. The molecule has 3 heterocycles. The molecule has 0 saturated heterocycles. The number of rotatable bonds is 8. The predicted molar refractivity (Wildman–Crippen MR) is 150 cm³/mol. The number of fused-ring (bicyclic) bond motifs is 2. The van der Waals surface area contributed by atoms with Crippen LogP contribution in [0, 0.1) is 5.82 Å². The Balaban J connectivity index is 1.60. The van der Waals surface area contributed by atoms with Crippen LogP contribution in [0.5, 0.6) is 0 Å². The van der Waals surface area contributed by atoms with Crippen LogP contribution in [-0.2, 0) is 37.7 Å². The third kappa shape index (κ3) is 5.33. The van der Waals surface area contributed by atoms with Gasteiger partial charge in [0.2, 0.25) is 25.8 Å². The van der Waals surface area contributed by atoms with Gasteiger partial charge in [-0.1, -0.05) is 25.1 Å². The van der Waals surface area contributed by atoms with Crippen LogP contribution >= 0.6 is 0 Å². The number of carbonyl (C=O) groups is 2. The summed E-state index contributed by atoms with van der Waals surface area (Å²) in [5.74, 6) is -1.82. The van der Waals surface area contributed by atoms with Crippen molar-refractivity contribution < 1.29 is 40.0 Å². The lowest BCUT2D eigenvalue weighted by Crippen LogP contribution is -2.39. The molecule has 5 rings (SSSR count). The number of hydrogen-bond acceptors (Lipinski definition) is 9. The zero-order chi connectivity index (χ0) is 30.4. The number of halogens is 1. The van der Waals surface area contributed by atoms with Gasteiger partial charge in [0, 0.05) is 25.2 Å². The van der Waals surface area contributed by atoms with E-state index in [4.69, 9.17) is 10.2 Å². The first-order valence-electron chi connectivity index (χ1n) is 12.6. The minimum Gasteiger partial charge on any atom is -0.437 e. The molecule has 0 fully saturated rings. The zero-order valence-corrected chi connectivity index (χ0v) is 24.0. The largest absolute Gasteiger partial charge is 0.437 e. The Hall–Kier alpha value is -4.34. The van der Waals surface area contributed by atoms with Crippen LogP contribution in [0.2, 0.25) is 0 Å². The van der Waals surface area contributed by atoms with E-state index >= 15 is 0 Å². The summed E-state index contributed by atoms with van der Waals surface area (Å²) in [6.45, 7) is 1.40. The highest BCUT2D eigenvalue weighted by molar-refractivity contribution is 7.92. The Morgan fingerprint density at radius 1 is 1.17 bits per heavy atom. The van der Waals surface area contributed by atoms with E-state index in [2.05, 4.69) is 9.72 Å². The maximum absolute atomic E-state index is 13.6. The van der Waals surface area contributed by atoms with Crippen molar-refractivity contribution >= 4 is 49.0 Å². The van der Waals surface area contributed by atoms with Crippen LogP contribution in [0.4, 0.5) is 15.0 Å². The topological polar surface area (TPSA) is 170 Å². The molecule has 0 radical (unpaired) electrons. The number of sulfonamides is 2. The van der Waals surface area contributed by atoms with E-state index in [0.717, 1.165) is 22.7 Å². The molecule has 0 spiro atoms. The van der Waals surface area contributed by atoms with Crippen LogP contribution in [0.15, 0.2) is 63.9 Å². The van der Waals surface area contributed by atoms with E-state index in [-0.39, 0.29) is 64.8 Å². The van der Waals surface area contributed by atoms with E-state index in [1.54, 1.807) is 25.1 Å². The summed E-state index contributed by atoms with van der Waals surface area (Å²) in [5.41, 5.74) is 5.91. The smallest absolute Gasteiger partial charge is 0.412 e. The monoisotopic (exact) mass is 616 g/mol. The number of ether oxygens (including phenoxy) is 1. The van der Waals surface area contributed by atoms with Gasteiger partial charge in [-0.3, -0.25) is 4.31 Å². The number of hydrogen-bond donors (Lipinski definition) is 1. The number of amides is 1. The van der Waals surface area contributed by atoms with Crippen molar-refractivity contribution in [3.63, 3.8) is 0 Å². The molecular formula is C27H25FN4O8S2. The molecule has 2 aromatic heterocycles. The molecular weight excluding hydrogens is 591 g/mol. The van der Waals surface area contributed by atoms with Crippen LogP contribution in [0.1, 0.15) is 28.4 Å². The molecule has 0 aliphatic carbocycles. The average Bonchev–Trinajstić information content (AvgIpc) is 3.41. The van der Waals surface area contributed by atoms with Gasteiger partial charge >= 0.3 is 12.1 Å². The lowest BCUT2D eigenvalue weighted by Gasteiger charge is -2.25. The van der Waals surface area contributed by atoms with Crippen molar-refractivity contribution in [1.82, 2.24) is 9.29 Å². The minimum atomic E-state index is -3.99. The number of esters is 1. The first-order valence-corrected chi connectivity index (χ1v) is 15.9. The van der Waals surface area contributed by atoms with E-state index in [1.807, 2.05) is 0 Å². The number of carbonyl (C=O) groups excluding carboxylic acids is 2. The summed E-state index contributed by atoms with van der Waals surface area (Å²) in [7, 11) is -7.81. The van der Waals surface area contributed by atoms with Gasteiger partial charge in [-0.25, -0.2) is 30.8 Å². The molecule has 0 saturated carbocycles. The Bertz CT molecular complexity index is 1940. The second kappa shape index (κ2) is 10.8. The number of aryl methyl sites for hydroxylation is 1.